The van der Waals surface area contributed by atoms with Crippen molar-refractivity contribution in [1.82, 2.24) is 10.5 Å². The minimum Gasteiger partial charge on any atom is -0.376 e. The highest BCUT2D eigenvalue weighted by molar-refractivity contribution is 7.80. The topological polar surface area (TPSA) is 64.1 Å². The van der Waals surface area contributed by atoms with Crippen LogP contribution >= 0.6 is 12.2 Å². The summed E-state index contributed by atoms with van der Waals surface area (Å²) in [4.78, 5) is 0. The Bertz CT molecular complexity index is 295. The smallest absolute Gasteiger partial charge is 0.164 e. The second-order valence-electron chi connectivity index (χ2n) is 3.09. The summed E-state index contributed by atoms with van der Waals surface area (Å²) >= 11 is 4.66. The molecule has 0 radical (unpaired) electrons. The summed E-state index contributed by atoms with van der Waals surface area (Å²) in [5, 5.41) is 6.95. The molecule has 13 heavy (non-hydrogen) atoms. The summed E-state index contributed by atoms with van der Waals surface area (Å²) in [6, 6.07) is 1.90. The Hall–Kier alpha value is -1.10. The van der Waals surface area contributed by atoms with E-state index in [1.807, 2.05) is 6.07 Å². The van der Waals surface area contributed by atoms with Crippen molar-refractivity contribution in [3.05, 3.63) is 17.5 Å². The van der Waals surface area contributed by atoms with Crippen LogP contribution < -0.4 is 11.1 Å². The van der Waals surface area contributed by atoms with Gasteiger partial charge in [-0.05, 0) is 18.1 Å². The molecule has 4 nitrogen and oxygen atoms in total. The second-order valence-corrected chi connectivity index (χ2v) is 3.53. The predicted octanol–water partition coefficient (Wildman–Crippen LogP) is 1.13. The Morgan fingerprint density at radius 1 is 1.77 bits per heavy atom. The van der Waals surface area contributed by atoms with E-state index in [0.717, 1.165) is 11.5 Å². The molecule has 0 atom stereocenters. The van der Waals surface area contributed by atoms with Gasteiger partial charge in [-0.15, -0.1) is 0 Å². The Labute approximate surface area is 82.5 Å². The molecular formula is C8H13N3OS. The lowest BCUT2D eigenvalue weighted by Crippen LogP contribution is -2.28. The third-order valence-corrected chi connectivity index (χ3v) is 1.75. The molecule has 1 rings (SSSR count). The molecule has 72 valence electrons. The molecular weight excluding hydrogens is 186 g/mol. The van der Waals surface area contributed by atoms with Crippen LogP contribution in [-0.4, -0.2) is 10.3 Å². The Balaban J connectivity index is 2.54. The maximum atomic E-state index is 5.27. The van der Waals surface area contributed by atoms with Crippen LogP contribution in [0.4, 0.5) is 0 Å². The minimum atomic E-state index is 0.266. The fourth-order valence-corrected chi connectivity index (χ4v) is 0.931. The number of nitrogens with two attached hydrogens (primary N) is 1. The van der Waals surface area contributed by atoms with Crippen molar-refractivity contribution in [2.75, 3.05) is 0 Å². The highest BCUT2D eigenvalue weighted by Gasteiger charge is 2.06. The SMILES string of the molecule is CC(C)c1cc(CNC(N)=S)on1. The van der Waals surface area contributed by atoms with Gasteiger partial charge in [0.05, 0.1) is 12.2 Å². The van der Waals surface area contributed by atoms with Crippen molar-refractivity contribution in [3.63, 3.8) is 0 Å². The molecule has 1 aromatic heterocycles. The van der Waals surface area contributed by atoms with Gasteiger partial charge in [-0.2, -0.15) is 0 Å². The molecule has 0 aromatic carbocycles. The summed E-state index contributed by atoms with van der Waals surface area (Å²) in [5.41, 5.74) is 6.21. The van der Waals surface area contributed by atoms with E-state index in [1.165, 1.54) is 0 Å². The van der Waals surface area contributed by atoms with Crippen LogP contribution in [0.15, 0.2) is 10.6 Å². The van der Waals surface area contributed by atoms with Gasteiger partial charge in [-0.25, -0.2) is 0 Å². The molecule has 3 N–H and O–H groups in total. The quantitative estimate of drug-likeness (QED) is 0.714. The lowest BCUT2D eigenvalue weighted by atomic mass is 10.1. The van der Waals surface area contributed by atoms with E-state index < -0.39 is 0 Å². The zero-order valence-electron chi connectivity index (χ0n) is 7.70. The lowest BCUT2D eigenvalue weighted by molar-refractivity contribution is 0.372. The van der Waals surface area contributed by atoms with Gasteiger partial charge in [0.25, 0.3) is 0 Å². The molecule has 0 fully saturated rings. The van der Waals surface area contributed by atoms with Gasteiger partial charge < -0.3 is 15.6 Å². The van der Waals surface area contributed by atoms with Crippen molar-refractivity contribution >= 4 is 17.3 Å². The maximum Gasteiger partial charge on any atom is 0.164 e. The average molecular weight is 199 g/mol. The van der Waals surface area contributed by atoms with Crippen molar-refractivity contribution in [1.29, 1.82) is 0 Å². The summed E-state index contributed by atoms with van der Waals surface area (Å²) < 4.78 is 5.05. The Morgan fingerprint density at radius 2 is 2.46 bits per heavy atom. The summed E-state index contributed by atoms with van der Waals surface area (Å²) in [7, 11) is 0. The predicted molar refractivity (Wildman–Crippen MR) is 54.2 cm³/mol. The van der Waals surface area contributed by atoms with Crippen molar-refractivity contribution in [2.45, 2.75) is 26.3 Å². The fraction of sp³-hybridized carbons (Fsp3) is 0.500. The van der Waals surface area contributed by atoms with Crippen molar-refractivity contribution < 1.29 is 4.52 Å². The number of nitrogens with zero attached hydrogens (tertiary/aromatic N) is 1. The molecule has 1 aromatic rings. The minimum absolute atomic E-state index is 0.266. The molecule has 1 heterocycles. The Morgan fingerprint density at radius 3 is 2.92 bits per heavy atom. The first-order chi connectivity index (χ1) is 6.09. The number of hydrogen-bond donors (Lipinski definition) is 2. The monoisotopic (exact) mass is 199 g/mol. The Kier molecular flexibility index (Phi) is 3.25. The number of nitrogens with one attached hydrogen (secondary N) is 1. The molecule has 0 bridgehead atoms. The molecule has 0 aliphatic heterocycles. The second kappa shape index (κ2) is 4.23. The first kappa shape index (κ1) is 9.98. The largest absolute Gasteiger partial charge is 0.376 e. The number of rotatable bonds is 3. The molecule has 0 unspecified atom stereocenters. The lowest BCUT2D eigenvalue weighted by Gasteiger charge is -1.97. The number of thiocarbonyl (C=S) groups is 1. The van der Waals surface area contributed by atoms with Crippen LogP contribution in [0.5, 0.6) is 0 Å². The summed E-state index contributed by atoms with van der Waals surface area (Å²) in [6.07, 6.45) is 0. The standard InChI is InChI=1S/C8H13N3OS/c1-5(2)7-3-6(12-11-7)4-10-8(9)13/h3,5H,4H2,1-2H3,(H3,9,10,13). The molecule has 0 saturated carbocycles. The van der Waals surface area contributed by atoms with Gasteiger partial charge in [-0.1, -0.05) is 19.0 Å². The van der Waals surface area contributed by atoms with Crippen LogP contribution in [0.2, 0.25) is 0 Å². The van der Waals surface area contributed by atoms with E-state index in [4.69, 9.17) is 10.3 Å². The van der Waals surface area contributed by atoms with Crippen LogP contribution in [0, 0.1) is 0 Å². The van der Waals surface area contributed by atoms with Gasteiger partial charge in [0.2, 0.25) is 0 Å². The molecule has 0 amide bonds. The van der Waals surface area contributed by atoms with Crippen LogP contribution in [0.25, 0.3) is 0 Å². The first-order valence-electron chi connectivity index (χ1n) is 4.08. The zero-order chi connectivity index (χ0) is 9.84. The van der Waals surface area contributed by atoms with Crippen molar-refractivity contribution in [3.8, 4) is 0 Å². The van der Waals surface area contributed by atoms with Gasteiger partial charge in [0, 0.05) is 6.07 Å². The van der Waals surface area contributed by atoms with Crippen LogP contribution in [0.3, 0.4) is 0 Å². The average Bonchev–Trinajstić information content (AvgIpc) is 2.48. The molecule has 0 aliphatic carbocycles. The van der Waals surface area contributed by atoms with Crippen molar-refractivity contribution in [2.24, 2.45) is 5.73 Å². The third-order valence-electron chi connectivity index (χ3n) is 1.61. The maximum absolute atomic E-state index is 5.27. The summed E-state index contributed by atoms with van der Waals surface area (Å²) in [5.74, 6) is 1.12. The van der Waals surface area contributed by atoms with Gasteiger partial charge >= 0.3 is 0 Å². The zero-order valence-corrected chi connectivity index (χ0v) is 8.52. The highest BCUT2D eigenvalue weighted by atomic mass is 32.1. The number of aromatic nitrogens is 1. The van der Waals surface area contributed by atoms with E-state index in [0.29, 0.717) is 12.5 Å². The van der Waals surface area contributed by atoms with Gasteiger partial charge in [0.15, 0.2) is 10.9 Å². The highest BCUT2D eigenvalue weighted by Crippen LogP contribution is 2.13. The van der Waals surface area contributed by atoms with Gasteiger partial charge in [0.1, 0.15) is 0 Å². The molecule has 5 heteroatoms. The van der Waals surface area contributed by atoms with E-state index in [9.17, 15) is 0 Å². The van der Waals surface area contributed by atoms with Gasteiger partial charge in [-0.3, -0.25) is 0 Å². The normalized spacial score (nSPS) is 10.4. The molecule has 0 spiro atoms. The van der Waals surface area contributed by atoms with E-state index >= 15 is 0 Å². The van der Waals surface area contributed by atoms with E-state index in [1.54, 1.807) is 0 Å². The van der Waals surface area contributed by atoms with Crippen LogP contribution in [0.1, 0.15) is 31.2 Å². The number of hydrogen-bond acceptors (Lipinski definition) is 3. The fourth-order valence-electron chi connectivity index (χ4n) is 0.859. The summed E-state index contributed by atoms with van der Waals surface area (Å²) in [6.45, 7) is 4.61. The van der Waals surface area contributed by atoms with E-state index in [2.05, 4.69) is 36.5 Å². The molecule has 0 saturated heterocycles. The third kappa shape index (κ3) is 3.02. The first-order valence-corrected chi connectivity index (χ1v) is 4.49. The molecule has 0 aliphatic rings. The van der Waals surface area contributed by atoms with Crippen LogP contribution in [-0.2, 0) is 6.54 Å². The van der Waals surface area contributed by atoms with E-state index in [-0.39, 0.29) is 5.11 Å².